The largest absolute Gasteiger partial charge is 0.463 e. The predicted octanol–water partition coefficient (Wildman–Crippen LogP) is 2.22. The van der Waals surface area contributed by atoms with Crippen LogP contribution in [0.15, 0.2) is 45.8 Å². The Balaban J connectivity index is 1.82. The molecule has 0 saturated heterocycles. The zero-order chi connectivity index (χ0) is 18.1. The second-order valence-corrected chi connectivity index (χ2v) is 5.96. The molecule has 3 heterocycles. The number of hydrogen-bond donors (Lipinski definition) is 2. The van der Waals surface area contributed by atoms with Crippen molar-refractivity contribution >= 4 is 11.7 Å². The predicted molar refractivity (Wildman–Crippen MR) is 95.2 cm³/mol. The lowest BCUT2D eigenvalue weighted by atomic mass is 10.3. The van der Waals surface area contributed by atoms with Crippen LogP contribution in [-0.2, 0) is 17.6 Å². The number of rotatable bonds is 4. The van der Waals surface area contributed by atoms with Gasteiger partial charge in [-0.15, -0.1) is 0 Å². The average molecular weight is 351 g/mol. The van der Waals surface area contributed by atoms with Crippen LogP contribution in [0.3, 0.4) is 0 Å². The maximum Gasteiger partial charge on any atom is 0.255 e. The fourth-order valence-electron chi connectivity index (χ4n) is 3.02. The number of H-pyrrole nitrogens is 1. The van der Waals surface area contributed by atoms with E-state index in [2.05, 4.69) is 20.4 Å². The Morgan fingerprint density at radius 2 is 2.31 bits per heavy atom. The van der Waals surface area contributed by atoms with E-state index in [0.29, 0.717) is 17.3 Å². The molecule has 3 aromatic heterocycles. The summed E-state index contributed by atoms with van der Waals surface area (Å²) in [5, 5.41) is 7.20. The van der Waals surface area contributed by atoms with Gasteiger partial charge >= 0.3 is 0 Å². The molecule has 8 heteroatoms. The van der Waals surface area contributed by atoms with E-state index in [1.54, 1.807) is 37.5 Å². The SMILES string of the molecule is CC=CC(=O)Nc1cc(-c2ccco2)nn1-c1nc2c(c(=O)[nH]1)CCC2. The first-order valence-corrected chi connectivity index (χ1v) is 8.36. The number of aromatic amines is 1. The summed E-state index contributed by atoms with van der Waals surface area (Å²) in [6.07, 6.45) is 7.00. The average Bonchev–Trinajstić information content (AvgIpc) is 3.35. The Labute approximate surface area is 148 Å². The molecule has 8 nitrogen and oxygen atoms in total. The Hall–Kier alpha value is -3.42. The first-order valence-electron chi connectivity index (χ1n) is 8.36. The summed E-state index contributed by atoms with van der Waals surface area (Å²) in [7, 11) is 0. The van der Waals surface area contributed by atoms with Crippen LogP contribution >= 0.6 is 0 Å². The lowest BCUT2D eigenvalue weighted by Gasteiger charge is -2.08. The number of nitrogens with one attached hydrogen (secondary N) is 2. The van der Waals surface area contributed by atoms with Crippen molar-refractivity contribution in [2.75, 3.05) is 5.32 Å². The maximum atomic E-state index is 12.3. The van der Waals surface area contributed by atoms with Gasteiger partial charge in [0.25, 0.3) is 5.56 Å². The summed E-state index contributed by atoms with van der Waals surface area (Å²) >= 11 is 0. The molecule has 1 amide bonds. The van der Waals surface area contributed by atoms with Crippen LogP contribution in [0, 0.1) is 0 Å². The quantitative estimate of drug-likeness (QED) is 0.701. The number of furan rings is 1. The van der Waals surface area contributed by atoms with E-state index >= 15 is 0 Å². The lowest BCUT2D eigenvalue weighted by Crippen LogP contribution is -2.20. The first kappa shape index (κ1) is 16.1. The van der Waals surface area contributed by atoms with Gasteiger partial charge in [-0.25, -0.2) is 4.98 Å². The molecule has 132 valence electrons. The third-order valence-electron chi connectivity index (χ3n) is 4.18. The first-order chi connectivity index (χ1) is 12.7. The van der Waals surface area contributed by atoms with Gasteiger partial charge in [0.1, 0.15) is 11.5 Å². The topological polar surface area (TPSA) is 106 Å². The van der Waals surface area contributed by atoms with Crippen LogP contribution in [0.25, 0.3) is 17.4 Å². The van der Waals surface area contributed by atoms with Crippen molar-refractivity contribution in [1.82, 2.24) is 19.7 Å². The van der Waals surface area contributed by atoms with Crippen LogP contribution in [0.1, 0.15) is 24.6 Å². The summed E-state index contributed by atoms with van der Waals surface area (Å²) in [6, 6.07) is 5.19. The highest BCUT2D eigenvalue weighted by Crippen LogP contribution is 2.25. The molecule has 0 unspecified atom stereocenters. The number of fused-ring (bicyclic) bond motifs is 1. The minimum atomic E-state index is -0.303. The van der Waals surface area contributed by atoms with Gasteiger partial charge in [0.2, 0.25) is 11.9 Å². The van der Waals surface area contributed by atoms with Crippen LogP contribution in [0.5, 0.6) is 0 Å². The van der Waals surface area contributed by atoms with E-state index in [9.17, 15) is 9.59 Å². The fourth-order valence-corrected chi connectivity index (χ4v) is 3.02. The monoisotopic (exact) mass is 351 g/mol. The van der Waals surface area contributed by atoms with Gasteiger partial charge in [-0.2, -0.15) is 9.78 Å². The molecular formula is C18H17N5O3. The van der Waals surface area contributed by atoms with Crippen LogP contribution in [0.4, 0.5) is 5.82 Å². The van der Waals surface area contributed by atoms with Crippen LogP contribution in [0.2, 0.25) is 0 Å². The Kier molecular flexibility index (Phi) is 4.00. The number of carbonyl (C=O) groups is 1. The second-order valence-electron chi connectivity index (χ2n) is 5.96. The molecule has 0 atom stereocenters. The van der Waals surface area contributed by atoms with Gasteiger partial charge in [0, 0.05) is 11.6 Å². The number of amides is 1. The number of allylic oxidation sites excluding steroid dienone is 1. The molecule has 0 radical (unpaired) electrons. The van der Waals surface area contributed by atoms with E-state index in [4.69, 9.17) is 4.42 Å². The van der Waals surface area contributed by atoms with Crippen molar-refractivity contribution < 1.29 is 9.21 Å². The molecule has 0 fully saturated rings. The van der Waals surface area contributed by atoms with Crippen molar-refractivity contribution in [3.63, 3.8) is 0 Å². The number of hydrogen-bond acceptors (Lipinski definition) is 5. The van der Waals surface area contributed by atoms with Crippen molar-refractivity contribution in [2.24, 2.45) is 0 Å². The third-order valence-corrected chi connectivity index (χ3v) is 4.18. The lowest BCUT2D eigenvalue weighted by molar-refractivity contribution is -0.111. The summed E-state index contributed by atoms with van der Waals surface area (Å²) in [4.78, 5) is 31.6. The minimum Gasteiger partial charge on any atom is -0.463 e. The van der Waals surface area contributed by atoms with Gasteiger partial charge in [0.15, 0.2) is 5.76 Å². The van der Waals surface area contributed by atoms with Crippen molar-refractivity contribution in [3.8, 4) is 17.4 Å². The smallest absolute Gasteiger partial charge is 0.255 e. The summed E-state index contributed by atoms with van der Waals surface area (Å²) in [6.45, 7) is 1.75. The van der Waals surface area contributed by atoms with Gasteiger partial charge in [0.05, 0.1) is 12.0 Å². The molecule has 1 aliphatic rings. The molecule has 0 aromatic carbocycles. The van der Waals surface area contributed by atoms with Crippen LogP contribution in [-0.4, -0.2) is 25.7 Å². The van der Waals surface area contributed by atoms with Crippen molar-refractivity contribution in [3.05, 3.63) is 58.2 Å². The zero-order valence-electron chi connectivity index (χ0n) is 14.2. The number of carbonyl (C=O) groups excluding carboxylic acids is 1. The molecule has 1 aliphatic carbocycles. The van der Waals surface area contributed by atoms with Gasteiger partial charge < -0.3 is 9.73 Å². The van der Waals surface area contributed by atoms with Gasteiger partial charge in [-0.05, 0) is 44.4 Å². The van der Waals surface area contributed by atoms with Crippen molar-refractivity contribution in [2.45, 2.75) is 26.2 Å². The molecular weight excluding hydrogens is 334 g/mol. The summed E-state index contributed by atoms with van der Waals surface area (Å²) < 4.78 is 6.80. The van der Waals surface area contributed by atoms with Gasteiger partial charge in [-0.1, -0.05) is 6.08 Å². The minimum absolute atomic E-state index is 0.164. The molecule has 0 aliphatic heterocycles. The summed E-state index contributed by atoms with van der Waals surface area (Å²) in [5.74, 6) is 0.904. The molecule has 3 aromatic rings. The number of aryl methyl sites for hydroxylation is 1. The fraction of sp³-hybridized carbons (Fsp3) is 0.222. The van der Waals surface area contributed by atoms with E-state index in [1.807, 2.05) is 0 Å². The maximum absolute atomic E-state index is 12.3. The molecule has 0 saturated carbocycles. The highest BCUT2D eigenvalue weighted by Gasteiger charge is 2.21. The van der Waals surface area contributed by atoms with Crippen LogP contribution < -0.4 is 10.9 Å². The Morgan fingerprint density at radius 1 is 1.42 bits per heavy atom. The molecule has 4 rings (SSSR count). The number of nitrogens with zero attached hydrogens (tertiary/aromatic N) is 3. The standard InChI is InChI=1S/C18H17N5O3/c1-2-5-16(24)20-15-10-13(14-8-4-9-26-14)22-23(15)18-19-12-7-3-6-11(12)17(25)21-18/h2,4-5,8-10H,3,6-7H2,1H3,(H,20,24)(H,19,21,25). The van der Waals surface area contributed by atoms with E-state index < -0.39 is 0 Å². The molecule has 2 N–H and O–H groups in total. The Bertz CT molecular complexity index is 1040. The normalized spacial score (nSPS) is 13.3. The number of aromatic nitrogens is 4. The second kappa shape index (κ2) is 6.47. The van der Waals surface area contributed by atoms with E-state index in [0.717, 1.165) is 30.5 Å². The molecule has 0 spiro atoms. The zero-order valence-corrected chi connectivity index (χ0v) is 14.2. The Morgan fingerprint density at radius 3 is 3.08 bits per heavy atom. The van der Waals surface area contributed by atoms with E-state index in [-0.39, 0.29) is 17.4 Å². The van der Waals surface area contributed by atoms with Gasteiger partial charge in [-0.3, -0.25) is 14.6 Å². The highest BCUT2D eigenvalue weighted by molar-refractivity contribution is 5.99. The van der Waals surface area contributed by atoms with E-state index in [1.165, 1.54) is 10.8 Å². The highest BCUT2D eigenvalue weighted by atomic mass is 16.3. The molecule has 0 bridgehead atoms. The number of anilines is 1. The molecule has 26 heavy (non-hydrogen) atoms. The summed E-state index contributed by atoms with van der Waals surface area (Å²) in [5.41, 5.74) is 1.87. The van der Waals surface area contributed by atoms with Crippen molar-refractivity contribution in [1.29, 1.82) is 0 Å². The third kappa shape index (κ3) is 2.85.